The van der Waals surface area contributed by atoms with Crippen LogP contribution in [0.5, 0.6) is 5.75 Å². The Morgan fingerprint density at radius 1 is 1.04 bits per heavy atom. The van der Waals surface area contributed by atoms with E-state index in [1.165, 1.54) is 0 Å². The minimum atomic E-state index is 0.0855. The maximum atomic E-state index is 12.6. The third-order valence-corrected chi connectivity index (χ3v) is 4.97. The molecular weight excluding hydrogens is 354 g/mol. The summed E-state index contributed by atoms with van der Waals surface area (Å²) >= 11 is 0. The molecular formula is C22H23N3O3. The zero-order chi connectivity index (χ0) is 19.3. The lowest BCUT2D eigenvalue weighted by molar-refractivity contribution is -0.130. The molecule has 0 radical (unpaired) electrons. The molecule has 0 atom stereocenters. The Balaban J connectivity index is 1.32. The summed E-state index contributed by atoms with van der Waals surface area (Å²) in [4.78, 5) is 21.3. The molecule has 1 aliphatic rings. The van der Waals surface area contributed by atoms with Gasteiger partial charge >= 0.3 is 0 Å². The van der Waals surface area contributed by atoms with E-state index in [0.29, 0.717) is 24.7 Å². The molecule has 1 saturated heterocycles. The fraction of sp³-hybridized carbons (Fsp3) is 0.273. The zero-order valence-corrected chi connectivity index (χ0v) is 15.9. The van der Waals surface area contributed by atoms with Gasteiger partial charge in [-0.1, -0.05) is 18.2 Å². The number of anilines is 1. The number of carbonyl (C=O) groups is 1. The van der Waals surface area contributed by atoms with E-state index in [4.69, 9.17) is 9.15 Å². The second kappa shape index (κ2) is 8.17. The number of ether oxygens (including phenoxy) is 1. The quantitative estimate of drug-likeness (QED) is 0.683. The van der Waals surface area contributed by atoms with E-state index in [0.717, 1.165) is 30.1 Å². The lowest BCUT2D eigenvalue weighted by Gasteiger charge is -2.36. The maximum Gasteiger partial charge on any atom is 0.228 e. The number of methoxy groups -OCH3 is 1. The molecule has 144 valence electrons. The molecule has 0 saturated carbocycles. The highest BCUT2D eigenvalue weighted by atomic mass is 16.5. The van der Waals surface area contributed by atoms with Gasteiger partial charge in [-0.15, -0.1) is 0 Å². The number of piperazine rings is 1. The monoisotopic (exact) mass is 377 g/mol. The van der Waals surface area contributed by atoms with Crippen LogP contribution >= 0.6 is 0 Å². The molecule has 6 heteroatoms. The maximum absolute atomic E-state index is 12.6. The van der Waals surface area contributed by atoms with Gasteiger partial charge in [0.15, 0.2) is 0 Å². The summed E-state index contributed by atoms with van der Waals surface area (Å²) in [6.07, 6.45) is 1.84. The first-order valence-corrected chi connectivity index (χ1v) is 9.39. The first-order valence-electron chi connectivity index (χ1n) is 9.39. The molecule has 0 N–H and O–H groups in total. The number of rotatable bonds is 5. The Morgan fingerprint density at radius 2 is 1.75 bits per heavy atom. The van der Waals surface area contributed by atoms with Crippen LogP contribution in [0.1, 0.15) is 5.69 Å². The Morgan fingerprint density at radius 3 is 2.43 bits per heavy atom. The molecule has 1 fully saturated rings. The van der Waals surface area contributed by atoms with Gasteiger partial charge in [-0.25, -0.2) is 4.98 Å². The summed E-state index contributed by atoms with van der Waals surface area (Å²) in [5, 5.41) is 0. The minimum absolute atomic E-state index is 0.0855. The van der Waals surface area contributed by atoms with E-state index in [1.807, 2.05) is 47.4 Å². The second-order valence-corrected chi connectivity index (χ2v) is 6.75. The van der Waals surface area contributed by atoms with E-state index in [1.54, 1.807) is 13.4 Å². The highest BCUT2D eigenvalue weighted by Crippen LogP contribution is 2.21. The molecule has 6 nitrogen and oxygen atoms in total. The van der Waals surface area contributed by atoms with Crippen molar-refractivity contribution >= 4 is 11.6 Å². The van der Waals surface area contributed by atoms with Gasteiger partial charge in [0.25, 0.3) is 0 Å². The smallest absolute Gasteiger partial charge is 0.228 e. The van der Waals surface area contributed by atoms with Crippen molar-refractivity contribution < 1.29 is 13.9 Å². The fourth-order valence-corrected chi connectivity index (χ4v) is 3.38. The van der Waals surface area contributed by atoms with Gasteiger partial charge in [-0.2, -0.15) is 0 Å². The summed E-state index contributed by atoms with van der Waals surface area (Å²) in [6, 6.07) is 17.7. The summed E-state index contributed by atoms with van der Waals surface area (Å²) in [7, 11) is 1.66. The first-order chi connectivity index (χ1) is 13.7. The zero-order valence-electron chi connectivity index (χ0n) is 15.9. The predicted octanol–water partition coefficient (Wildman–Crippen LogP) is 3.24. The number of hydrogen-bond donors (Lipinski definition) is 0. The van der Waals surface area contributed by atoms with Crippen molar-refractivity contribution in [1.29, 1.82) is 0 Å². The van der Waals surface area contributed by atoms with Crippen molar-refractivity contribution in [2.75, 3.05) is 38.2 Å². The van der Waals surface area contributed by atoms with Crippen LogP contribution in [-0.4, -0.2) is 49.1 Å². The van der Waals surface area contributed by atoms with E-state index in [2.05, 4.69) is 22.0 Å². The standard InChI is InChI=1S/C22H23N3O3/c1-27-20-9-7-19(8-10-20)24-11-13-25(14-12-24)21(26)15-18-16-28-22(23-18)17-5-3-2-4-6-17/h2-10,16H,11-15H2,1H3. The van der Waals surface area contributed by atoms with Gasteiger partial charge in [0.2, 0.25) is 11.8 Å². The number of hydrogen-bond acceptors (Lipinski definition) is 5. The summed E-state index contributed by atoms with van der Waals surface area (Å²) < 4.78 is 10.7. The number of benzene rings is 2. The Hall–Kier alpha value is -3.28. The molecule has 1 aliphatic heterocycles. The van der Waals surface area contributed by atoms with Crippen LogP contribution in [0.25, 0.3) is 11.5 Å². The topological polar surface area (TPSA) is 58.8 Å². The van der Waals surface area contributed by atoms with E-state index >= 15 is 0 Å². The molecule has 3 aromatic rings. The van der Waals surface area contributed by atoms with Crippen LogP contribution in [-0.2, 0) is 11.2 Å². The Kier molecular flexibility index (Phi) is 5.28. The molecule has 4 rings (SSSR count). The molecule has 2 heterocycles. The third-order valence-electron chi connectivity index (χ3n) is 4.97. The first kappa shape index (κ1) is 18.1. The van der Waals surface area contributed by atoms with Crippen molar-refractivity contribution in [2.45, 2.75) is 6.42 Å². The lowest BCUT2D eigenvalue weighted by atomic mass is 10.2. The molecule has 2 aromatic carbocycles. The minimum Gasteiger partial charge on any atom is -0.497 e. The molecule has 28 heavy (non-hydrogen) atoms. The van der Waals surface area contributed by atoms with Crippen LogP contribution in [0, 0.1) is 0 Å². The van der Waals surface area contributed by atoms with Gasteiger partial charge in [-0.05, 0) is 36.4 Å². The number of nitrogens with zero attached hydrogens (tertiary/aromatic N) is 3. The molecule has 0 bridgehead atoms. The average molecular weight is 377 g/mol. The van der Waals surface area contributed by atoms with E-state index in [9.17, 15) is 4.79 Å². The Labute approximate surface area is 164 Å². The lowest BCUT2D eigenvalue weighted by Crippen LogP contribution is -2.49. The highest BCUT2D eigenvalue weighted by molar-refractivity contribution is 5.78. The number of carbonyl (C=O) groups excluding carboxylic acids is 1. The molecule has 1 amide bonds. The van der Waals surface area contributed by atoms with Gasteiger partial charge in [0.1, 0.15) is 12.0 Å². The summed E-state index contributed by atoms with van der Waals surface area (Å²) in [5.41, 5.74) is 2.73. The molecule has 0 aliphatic carbocycles. The van der Waals surface area contributed by atoms with Crippen LogP contribution in [0.2, 0.25) is 0 Å². The average Bonchev–Trinajstić information content (AvgIpc) is 3.23. The molecule has 1 aromatic heterocycles. The normalized spacial score (nSPS) is 14.2. The second-order valence-electron chi connectivity index (χ2n) is 6.75. The fourth-order valence-electron chi connectivity index (χ4n) is 3.38. The van der Waals surface area contributed by atoms with Gasteiger partial charge in [0, 0.05) is 37.4 Å². The van der Waals surface area contributed by atoms with Crippen LogP contribution in [0.15, 0.2) is 65.3 Å². The van der Waals surface area contributed by atoms with Crippen molar-refractivity contribution in [3.05, 3.63) is 66.6 Å². The van der Waals surface area contributed by atoms with Crippen molar-refractivity contribution in [3.8, 4) is 17.2 Å². The molecule has 0 unspecified atom stereocenters. The summed E-state index contributed by atoms with van der Waals surface area (Å²) in [5.74, 6) is 1.48. The largest absolute Gasteiger partial charge is 0.497 e. The van der Waals surface area contributed by atoms with Crippen molar-refractivity contribution in [1.82, 2.24) is 9.88 Å². The van der Waals surface area contributed by atoms with Gasteiger partial charge < -0.3 is 19.0 Å². The molecule has 0 spiro atoms. The Bertz CT molecular complexity index is 914. The van der Waals surface area contributed by atoms with Gasteiger partial charge in [0.05, 0.1) is 19.2 Å². The van der Waals surface area contributed by atoms with E-state index in [-0.39, 0.29) is 12.3 Å². The third kappa shape index (κ3) is 4.01. The van der Waals surface area contributed by atoms with Gasteiger partial charge in [-0.3, -0.25) is 4.79 Å². The van der Waals surface area contributed by atoms with Crippen molar-refractivity contribution in [3.63, 3.8) is 0 Å². The van der Waals surface area contributed by atoms with Crippen LogP contribution in [0.4, 0.5) is 5.69 Å². The highest BCUT2D eigenvalue weighted by Gasteiger charge is 2.22. The number of oxazole rings is 1. The summed E-state index contributed by atoms with van der Waals surface area (Å²) in [6.45, 7) is 3.03. The van der Waals surface area contributed by atoms with Crippen molar-refractivity contribution in [2.24, 2.45) is 0 Å². The number of aromatic nitrogens is 1. The van der Waals surface area contributed by atoms with Crippen LogP contribution in [0.3, 0.4) is 0 Å². The van der Waals surface area contributed by atoms with Crippen LogP contribution < -0.4 is 9.64 Å². The SMILES string of the molecule is COc1ccc(N2CCN(C(=O)Cc3coc(-c4ccccc4)n3)CC2)cc1. The van der Waals surface area contributed by atoms with E-state index < -0.39 is 0 Å². The number of amides is 1. The predicted molar refractivity (Wildman–Crippen MR) is 107 cm³/mol.